The Labute approximate surface area is 105 Å². The van der Waals surface area contributed by atoms with Crippen LogP contribution < -0.4 is 22.3 Å². The van der Waals surface area contributed by atoms with Crippen molar-refractivity contribution in [1.82, 2.24) is 9.55 Å². The van der Waals surface area contributed by atoms with Crippen LogP contribution in [-0.2, 0) is 11.3 Å². The van der Waals surface area contributed by atoms with Gasteiger partial charge in [0.05, 0.1) is 12.1 Å². The predicted molar refractivity (Wildman–Crippen MR) is 71.0 cm³/mol. The van der Waals surface area contributed by atoms with Crippen LogP contribution in [0.5, 0.6) is 0 Å². The maximum Gasteiger partial charge on any atom is 0.330 e. The van der Waals surface area contributed by atoms with E-state index in [4.69, 9.17) is 10.5 Å². The molecule has 0 amide bonds. The average Bonchev–Trinajstić information content (AvgIpc) is 2.24. The van der Waals surface area contributed by atoms with Crippen LogP contribution in [0.4, 0.5) is 11.5 Å². The Hall–Kier alpha value is -1.76. The summed E-state index contributed by atoms with van der Waals surface area (Å²) < 4.78 is 6.35. The van der Waals surface area contributed by atoms with E-state index >= 15 is 0 Å². The summed E-state index contributed by atoms with van der Waals surface area (Å²) in [6.07, 6.45) is 0. The number of nitrogen functional groups attached to an aromatic ring is 1. The van der Waals surface area contributed by atoms with Gasteiger partial charge in [-0.3, -0.25) is 14.3 Å². The fourth-order valence-electron chi connectivity index (χ4n) is 1.76. The van der Waals surface area contributed by atoms with Gasteiger partial charge in [0, 0.05) is 13.7 Å². The van der Waals surface area contributed by atoms with Crippen LogP contribution >= 0.6 is 0 Å². The number of ether oxygens (including phenoxy) is 1. The number of nitrogens with one attached hydrogen (secondary N) is 2. The maximum absolute atomic E-state index is 11.8. The molecule has 0 aliphatic rings. The van der Waals surface area contributed by atoms with Gasteiger partial charge in [-0.2, -0.15) is 0 Å². The average molecular weight is 256 g/mol. The van der Waals surface area contributed by atoms with E-state index in [0.29, 0.717) is 13.2 Å². The molecule has 4 N–H and O–H groups in total. The third-order valence-electron chi connectivity index (χ3n) is 2.52. The van der Waals surface area contributed by atoms with Gasteiger partial charge in [-0.1, -0.05) is 0 Å². The molecule has 1 rings (SSSR count). The lowest BCUT2D eigenvalue weighted by molar-refractivity contribution is 0.158. The van der Waals surface area contributed by atoms with Gasteiger partial charge < -0.3 is 15.8 Å². The summed E-state index contributed by atoms with van der Waals surface area (Å²) in [5.41, 5.74) is 4.54. The molecule has 1 aromatic heterocycles. The SMILES string of the molecule is CCn1c(N)c(NC(C)(C)COC)c(=O)[nH]c1=O. The molecule has 1 aromatic rings. The lowest BCUT2D eigenvalue weighted by atomic mass is 10.1. The molecular weight excluding hydrogens is 236 g/mol. The van der Waals surface area contributed by atoms with E-state index in [-0.39, 0.29) is 11.5 Å². The number of methoxy groups -OCH3 is 1. The van der Waals surface area contributed by atoms with Crippen molar-refractivity contribution in [3.63, 3.8) is 0 Å². The third-order valence-corrected chi connectivity index (χ3v) is 2.52. The molecule has 1 heterocycles. The van der Waals surface area contributed by atoms with Crippen molar-refractivity contribution in [1.29, 1.82) is 0 Å². The zero-order chi connectivity index (χ0) is 13.9. The molecule has 0 atom stereocenters. The Balaban J connectivity index is 3.26. The molecule has 0 spiro atoms. The molecule has 7 heteroatoms. The Bertz CT molecular complexity index is 530. The van der Waals surface area contributed by atoms with Crippen LogP contribution in [0, 0.1) is 0 Å². The Morgan fingerprint density at radius 1 is 1.44 bits per heavy atom. The monoisotopic (exact) mass is 256 g/mol. The second kappa shape index (κ2) is 5.26. The number of nitrogens with two attached hydrogens (primary N) is 1. The summed E-state index contributed by atoms with van der Waals surface area (Å²) in [6, 6.07) is 0. The van der Waals surface area contributed by atoms with Gasteiger partial charge in [-0.05, 0) is 20.8 Å². The first-order chi connectivity index (χ1) is 8.32. The van der Waals surface area contributed by atoms with E-state index in [1.54, 1.807) is 14.0 Å². The number of hydrogen-bond donors (Lipinski definition) is 3. The number of aromatic nitrogens is 2. The molecule has 0 saturated carbocycles. The van der Waals surface area contributed by atoms with Gasteiger partial charge in [0.1, 0.15) is 11.5 Å². The number of rotatable bonds is 5. The lowest BCUT2D eigenvalue weighted by Crippen LogP contribution is -2.41. The molecule has 0 saturated heterocycles. The highest BCUT2D eigenvalue weighted by atomic mass is 16.5. The van der Waals surface area contributed by atoms with Crippen molar-refractivity contribution >= 4 is 11.5 Å². The molecule has 0 fully saturated rings. The summed E-state index contributed by atoms with van der Waals surface area (Å²) in [6.45, 7) is 6.31. The van der Waals surface area contributed by atoms with Gasteiger partial charge in [0.15, 0.2) is 0 Å². The third kappa shape index (κ3) is 2.92. The highest BCUT2D eigenvalue weighted by Gasteiger charge is 2.21. The number of H-pyrrole nitrogens is 1. The van der Waals surface area contributed by atoms with Gasteiger partial charge >= 0.3 is 5.69 Å². The van der Waals surface area contributed by atoms with Crippen molar-refractivity contribution in [2.75, 3.05) is 24.8 Å². The van der Waals surface area contributed by atoms with Crippen LogP contribution in [0.2, 0.25) is 0 Å². The fraction of sp³-hybridized carbons (Fsp3) is 0.636. The molecule has 0 unspecified atom stereocenters. The normalized spacial score (nSPS) is 11.6. The molecule has 102 valence electrons. The summed E-state index contributed by atoms with van der Waals surface area (Å²) >= 11 is 0. The first-order valence-corrected chi connectivity index (χ1v) is 5.72. The van der Waals surface area contributed by atoms with Crippen LogP contribution in [-0.4, -0.2) is 28.8 Å². The van der Waals surface area contributed by atoms with Gasteiger partial charge in [-0.25, -0.2) is 4.79 Å². The molecule has 7 nitrogen and oxygen atoms in total. The molecule has 0 aromatic carbocycles. The number of hydrogen-bond acceptors (Lipinski definition) is 5. The summed E-state index contributed by atoms with van der Waals surface area (Å²) in [7, 11) is 1.57. The van der Waals surface area contributed by atoms with Gasteiger partial charge in [-0.15, -0.1) is 0 Å². The minimum atomic E-state index is -0.522. The van der Waals surface area contributed by atoms with Crippen molar-refractivity contribution in [2.45, 2.75) is 32.9 Å². The Morgan fingerprint density at radius 3 is 2.56 bits per heavy atom. The van der Waals surface area contributed by atoms with Crippen LogP contribution in [0.1, 0.15) is 20.8 Å². The highest BCUT2D eigenvalue weighted by Crippen LogP contribution is 2.16. The molecule has 0 aliphatic heterocycles. The summed E-state index contributed by atoms with van der Waals surface area (Å²) in [4.78, 5) is 25.5. The van der Waals surface area contributed by atoms with Crippen molar-refractivity contribution in [3.8, 4) is 0 Å². The zero-order valence-corrected chi connectivity index (χ0v) is 11.2. The van der Waals surface area contributed by atoms with E-state index in [2.05, 4.69) is 10.3 Å². The maximum atomic E-state index is 11.8. The second-order valence-corrected chi connectivity index (χ2v) is 4.71. The molecular formula is C11H20N4O3. The minimum Gasteiger partial charge on any atom is -0.383 e. The largest absolute Gasteiger partial charge is 0.383 e. The number of aromatic amines is 1. The Morgan fingerprint density at radius 2 is 2.06 bits per heavy atom. The summed E-state index contributed by atoms with van der Waals surface area (Å²) in [5.74, 6) is 0.135. The topological polar surface area (TPSA) is 102 Å². The fourth-order valence-corrected chi connectivity index (χ4v) is 1.76. The van der Waals surface area contributed by atoms with Crippen LogP contribution in [0.25, 0.3) is 0 Å². The molecule has 0 radical (unpaired) electrons. The van der Waals surface area contributed by atoms with Crippen LogP contribution in [0.15, 0.2) is 9.59 Å². The first-order valence-electron chi connectivity index (χ1n) is 5.72. The van der Waals surface area contributed by atoms with E-state index in [9.17, 15) is 9.59 Å². The zero-order valence-electron chi connectivity index (χ0n) is 11.2. The quantitative estimate of drug-likeness (QED) is 0.687. The van der Waals surface area contributed by atoms with E-state index < -0.39 is 16.8 Å². The minimum absolute atomic E-state index is 0.135. The smallest absolute Gasteiger partial charge is 0.330 e. The van der Waals surface area contributed by atoms with Crippen molar-refractivity contribution in [3.05, 3.63) is 20.8 Å². The second-order valence-electron chi connectivity index (χ2n) is 4.71. The van der Waals surface area contributed by atoms with Gasteiger partial charge in [0.2, 0.25) is 0 Å². The lowest BCUT2D eigenvalue weighted by Gasteiger charge is -2.27. The standard InChI is InChI=1S/C11H20N4O3/c1-5-15-8(12)7(9(16)13-10(15)17)14-11(2,3)6-18-4/h14H,5-6,12H2,1-4H3,(H,13,16,17). The van der Waals surface area contributed by atoms with E-state index in [1.807, 2.05) is 13.8 Å². The summed E-state index contributed by atoms with van der Waals surface area (Å²) in [5, 5.41) is 3.00. The van der Waals surface area contributed by atoms with E-state index in [1.165, 1.54) is 4.57 Å². The number of nitrogens with zero attached hydrogens (tertiary/aromatic N) is 1. The number of anilines is 2. The van der Waals surface area contributed by atoms with Gasteiger partial charge in [0.25, 0.3) is 5.56 Å². The molecule has 0 aliphatic carbocycles. The van der Waals surface area contributed by atoms with E-state index in [0.717, 1.165) is 0 Å². The first kappa shape index (κ1) is 14.3. The highest BCUT2D eigenvalue weighted by molar-refractivity contribution is 5.61. The Kier molecular flexibility index (Phi) is 4.18. The molecule has 0 bridgehead atoms. The molecule has 18 heavy (non-hydrogen) atoms. The van der Waals surface area contributed by atoms with Crippen LogP contribution in [0.3, 0.4) is 0 Å². The van der Waals surface area contributed by atoms with Crippen molar-refractivity contribution < 1.29 is 4.74 Å². The predicted octanol–water partition coefficient (Wildman–Crippen LogP) is -0.0244. The van der Waals surface area contributed by atoms with Crippen molar-refractivity contribution in [2.24, 2.45) is 0 Å².